The van der Waals surface area contributed by atoms with Crippen molar-refractivity contribution in [2.45, 2.75) is 98.1 Å². The van der Waals surface area contributed by atoms with E-state index in [0.717, 1.165) is 6.42 Å². The molecule has 0 radical (unpaired) electrons. The summed E-state index contributed by atoms with van der Waals surface area (Å²) in [4.78, 5) is 68.0. The van der Waals surface area contributed by atoms with Crippen LogP contribution in [0, 0.1) is 28.6 Å². The van der Waals surface area contributed by atoms with E-state index in [9.17, 15) is 41.4 Å². The zero-order chi connectivity index (χ0) is 36.4. The highest BCUT2D eigenvalue weighted by Crippen LogP contribution is 2.65. The number of nitrogens with zero attached hydrogens (tertiary/aromatic N) is 2. The molecule has 16 heteroatoms. The number of carbonyl (C=O) groups excluding carboxylic acids is 5. The van der Waals surface area contributed by atoms with Gasteiger partial charge in [-0.05, 0) is 41.4 Å². The molecule has 2 saturated heterocycles. The van der Waals surface area contributed by atoms with Crippen molar-refractivity contribution in [3.05, 3.63) is 12.7 Å². The quantitative estimate of drug-likeness (QED) is 0.161. The second-order valence-electron chi connectivity index (χ2n) is 15.0. The van der Waals surface area contributed by atoms with Crippen LogP contribution in [0.4, 0.5) is 18.0 Å². The van der Waals surface area contributed by atoms with Crippen LogP contribution < -0.4 is 21.3 Å². The number of Topliss-reactive ketones (excluding diaryl/α,β-unsaturated/α-hetero) is 1. The van der Waals surface area contributed by atoms with E-state index < -0.39 is 83.1 Å². The molecular weight excluding hydrogens is 653 g/mol. The van der Waals surface area contributed by atoms with Gasteiger partial charge in [-0.2, -0.15) is 13.2 Å². The standard InChI is InChI=1S/C32H51F3N6O6S/c1-9-13-36-27(44)24(42)20(11-12-32(33,34)35)37-26(43)23-22-19(31(22,7)8)16-41(23)28(45)25(30(4,5)6)39-29(46)38-21(18(2)3)17-40-14-10-15-48(40)47/h9,18-23,25H,1,10-17H2,2-8H3,(H,36,44)(H,37,43)(H2,38,39,46)/t19-,20?,21+,22-,23-,25+,48?/m0/s1. The fraction of sp³-hybridized carbons (Fsp3) is 0.781. The third kappa shape index (κ3) is 9.57. The van der Waals surface area contributed by atoms with Crippen LogP contribution in [-0.2, 0) is 30.2 Å². The van der Waals surface area contributed by atoms with Gasteiger partial charge in [-0.1, -0.05) is 54.5 Å². The van der Waals surface area contributed by atoms with Gasteiger partial charge in [0.15, 0.2) is 0 Å². The summed E-state index contributed by atoms with van der Waals surface area (Å²) in [6.45, 7) is 17.5. The molecule has 4 N–H and O–H groups in total. The van der Waals surface area contributed by atoms with Crippen molar-refractivity contribution in [3.8, 4) is 0 Å². The number of hydrogen-bond acceptors (Lipinski definition) is 6. The average molecular weight is 705 g/mol. The van der Waals surface area contributed by atoms with Crippen molar-refractivity contribution in [2.75, 3.05) is 31.9 Å². The maximum absolute atomic E-state index is 14.2. The monoisotopic (exact) mass is 704 g/mol. The van der Waals surface area contributed by atoms with Crippen molar-refractivity contribution < 1.29 is 41.4 Å². The summed E-state index contributed by atoms with van der Waals surface area (Å²) in [6, 6.07) is -4.99. The van der Waals surface area contributed by atoms with Gasteiger partial charge in [-0.25, -0.2) is 13.3 Å². The number of amides is 5. The molecule has 48 heavy (non-hydrogen) atoms. The maximum Gasteiger partial charge on any atom is 0.389 e. The number of fused-ring (bicyclic) bond motifs is 1. The van der Waals surface area contributed by atoms with Crippen LogP contribution in [0.25, 0.3) is 0 Å². The molecular formula is C32H51F3N6O6S. The zero-order valence-electron chi connectivity index (χ0n) is 28.9. The first-order valence-corrected chi connectivity index (χ1v) is 17.7. The third-order valence-electron chi connectivity index (χ3n) is 9.66. The van der Waals surface area contributed by atoms with E-state index in [2.05, 4.69) is 27.8 Å². The third-order valence-corrected chi connectivity index (χ3v) is 11.2. The number of nitrogens with one attached hydrogen (secondary N) is 4. The van der Waals surface area contributed by atoms with Gasteiger partial charge in [0.05, 0.1) is 17.0 Å². The van der Waals surface area contributed by atoms with Crippen molar-refractivity contribution in [1.82, 2.24) is 30.5 Å². The lowest BCUT2D eigenvalue weighted by molar-refractivity contribution is -0.148. The molecule has 7 atom stereocenters. The van der Waals surface area contributed by atoms with Crippen molar-refractivity contribution >= 4 is 40.5 Å². The summed E-state index contributed by atoms with van der Waals surface area (Å²) >= 11 is 0. The molecule has 2 aliphatic heterocycles. The highest BCUT2D eigenvalue weighted by atomic mass is 32.2. The number of urea groups is 1. The SMILES string of the molecule is C=CCNC(=O)C(=O)C(CCC(F)(F)F)NC(=O)[C@@H]1[C@@H]2[C@H](CN1C(=O)[C@@H](NC(=O)N[C@H](CN1CCCS1=O)C(C)C)C(C)(C)C)C2(C)C. The number of rotatable bonds is 14. The minimum atomic E-state index is -4.65. The van der Waals surface area contributed by atoms with E-state index in [-0.39, 0.29) is 42.3 Å². The van der Waals surface area contributed by atoms with Gasteiger partial charge < -0.3 is 26.2 Å². The predicted molar refractivity (Wildman–Crippen MR) is 174 cm³/mol. The zero-order valence-corrected chi connectivity index (χ0v) is 29.7. The Bertz CT molecular complexity index is 1290. The Morgan fingerprint density at radius 2 is 1.71 bits per heavy atom. The lowest BCUT2D eigenvalue weighted by Crippen LogP contribution is -2.62. The molecule has 12 nitrogen and oxygen atoms in total. The van der Waals surface area contributed by atoms with E-state index in [1.807, 2.05) is 32.0 Å². The van der Waals surface area contributed by atoms with E-state index >= 15 is 0 Å². The van der Waals surface area contributed by atoms with Gasteiger partial charge in [0.1, 0.15) is 12.1 Å². The summed E-state index contributed by atoms with van der Waals surface area (Å²) in [5, 5.41) is 10.3. The lowest BCUT2D eigenvalue weighted by Gasteiger charge is -2.38. The fourth-order valence-corrected chi connectivity index (χ4v) is 7.92. The number of likely N-dealkylation sites (tertiary alicyclic amines) is 1. The van der Waals surface area contributed by atoms with Gasteiger partial charge in [0.25, 0.3) is 5.91 Å². The molecule has 3 fully saturated rings. The minimum absolute atomic E-state index is 0.00926. The molecule has 3 rings (SSSR count). The Hall–Kier alpha value is -3.01. The normalized spacial score (nSPS) is 25.4. The van der Waals surface area contributed by atoms with E-state index in [1.54, 1.807) is 20.8 Å². The van der Waals surface area contributed by atoms with Crippen molar-refractivity contribution in [3.63, 3.8) is 0 Å². The number of hydrogen-bond donors (Lipinski definition) is 4. The van der Waals surface area contributed by atoms with Gasteiger partial charge in [0.2, 0.25) is 17.6 Å². The van der Waals surface area contributed by atoms with Gasteiger partial charge in [-0.3, -0.25) is 19.2 Å². The fourth-order valence-electron chi connectivity index (χ4n) is 6.63. The number of carbonyl (C=O) groups is 5. The summed E-state index contributed by atoms with van der Waals surface area (Å²) in [7, 11) is -1.12. The second kappa shape index (κ2) is 15.3. The maximum atomic E-state index is 14.2. The topological polar surface area (TPSA) is 157 Å². The highest BCUT2D eigenvalue weighted by molar-refractivity contribution is 7.82. The summed E-state index contributed by atoms with van der Waals surface area (Å²) < 4.78 is 53.6. The molecule has 1 saturated carbocycles. The van der Waals surface area contributed by atoms with Crippen LogP contribution in [0.2, 0.25) is 0 Å². The Morgan fingerprint density at radius 1 is 1.06 bits per heavy atom. The van der Waals surface area contributed by atoms with Gasteiger partial charge in [0, 0.05) is 44.4 Å². The Morgan fingerprint density at radius 3 is 2.23 bits per heavy atom. The Labute approximate surface area is 283 Å². The van der Waals surface area contributed by atoms with Crippen LogP contribution in [0.5, 0.6) is 0 Å². The summed E-state index contributed by atoms with van der Waals surface area (Å²) in [5.74, 6) is -3.68. The number of piperidine rings is 1. The molecule has 0 aromatic carbocycles. The first-order valence-electron chi connectivity index (χ1n) is 16.4. The van der Waals surface area contributed by atoms with Crippen LogP contribution in [0.1, 0.15) is 67.7 Å². The largest absolute Gasteiger partial charge is 0.389 e. The highest BCUT2D eigenvalue weighted by Gasteiger charge is 2.70. The lowest BCUT2D eigenvalue weighted by atomic mass is 9.85. The molecule has 0 spiro atoms. The molecule has 5 amide bonds. The smallest absolute Gasteiger partial charge is 0.346 e. The van der Waals surface area contributed by atoms with Crippen LogP contribution in [-0.4, -0.2) is 105 Å². The number of ketones is 1. The molecule has 2 heterocycles. The molecule has 272 valence electrons. The first-order chi connectivity index (χ1) is 22.1. The second-order valence-corrected chi connectivity index (χ2v) is 16.6. The summed E-state index contributed by atoms with van der Waals surface area (Å²) in [5.41, 5.74) is -1.19. The molecule has 0 aromatic rings. The van der Waals surface area contributed by atoms with Crippen LogP contribution in [0.15, 0.2) is 12.7 Å². The minimum Gasteiger partial charge on any atom is -0.346 e. The molecule has 0 aromatic heterocycles. The van der Waals surface area contributed by atoms with E-state index in [0.29, 0.717) is 18.8 Å². The van der Waals surface area contributed by atoms with Crippen LogP contribution in [0.3, 0.4) is 0 Å². The van der Waals surface area contributed by atoms with E-state index in [4.69, 9.17) is 0 Å². The van der Waals surface area contributed by atoms with Gasteiger partial charge in [-0.15, -0.1) is 6.58 Å². The predicted octanol–water partition coefficient (Wildman–Crippen LogP) is 2.28. The molecule has 2 unspecified atom stereocenters. The van der Waals surface area contributed by atoms with Gasteiger partial charge >= 0.3 is 12.2 Å². The average Bonchev–Trinajstić information content (AvgIpc) is 3.31. The van der Waals surface area contributed by atoms with Crippen LogP contribution >= 0.6 is 0 Å². The van der Waals surface area contributed by atoms with Crippen molar-refractivity contribution in [2.24, 2.45) is 28.6 Å². The Balaban J connectivity index is 1.82. The number of alkyl halides is 3. The molecule has 1 aliphatic carbocycles. The molecule has 0 bridgehead atoms. The van der Waals surface area contributed by atoms with E-state index in [1.165, 1.54) is 11.0 Å². The summed E-state index contributed by atoms with van der Waals surface area (Å²) in [6.07, 6.45) is -4.83. The Kier molecular flexibility index (Phi) is 12.5. The van der Waals surface area contributed by atoms with Crippen molar-refractivity contribution in [1.29, 1.82) is 0 Å². The molecule has 3 aliphatic rings. The number of halogens is 3. The first kappa shape index (κ1) is 39.4.